The van der Waals surface area contributed by atoms with Crippen LogP contribution < -0.4 is 0 Å². The van der Waals surface area contributed by atoms with Crippen LogP contribution >= 0.6 is 22.6 Å². The lowest BCUT2D eigenvalue weighted by molar-refractivity contribution is -0.153. The largest absolute Gasteiger partial charge is 0.452 e. The molecule has 0 aromatic heterocycles. The lowest BCUT2D eigenvalue weighted by Gasteiger charge is -2.39. The fraction of sp³-hybridized carbons (Fsp3) is 0.667. The Hall–Kier alpha value is -0.743. The minimum Gasteiger partial charge on any atom is -0.452 e. The lowest BCUT2D eigenvalue weighted by Crippen LogP contribution is -2.44. The summed E-state index contributed by atoms with van der Waals surface area (Å²) in [5.41, 5.74) is 0.521. The summed E-state index contributed by atoms with van der Waals surface area (Å²) >= 11 is 2.34. The van der Waals surface area contributed by atoms with Crippen molar-refractivity contribution >= 4 is 36.9 Å². The molecule has 0 amide bonds. The molecule has 0 bridgehead atoms. The van der Waals surface area contributed by atoms with Gasteiger partial charge < -0.3 is 18.6 Å². The summed E-state index contributed by atoms with van der Waals surface area (Å²) in [6.07, 6.45) is 3.83. The molecule has 0 radical (unpaired) electrons. The van der Waals surface area contributed by atoms with Crippen molar-refractivity contribution in [2.45, 2.75) is 103 Å². The Kier molecular flexibility index (Phi) is 10.4. The molecule has 1 aliphatic rings. The van der Waals surface area contributed by atoms with E-state index in [0.717, 1.165) is 10.8 Å². The van der Waals surface area contributed by atoms with E-state index >= 15 is 0 Å². The second-order valence-corrected chi connectivity index (χ2v) is 17.0. The third-order valence-corrected chi connectivity index (χ3v) is 12.0. The Morgan fingerprint density at radius 1 is 1.15 bits per heavy atom. The highest BCUT2D eigenvalue weighted by Crippen LogP contribution is 2.38. The van der Waals surface area contributed by atoms with Gasteiger partial charge >= 0.3 is 5.97 Å². The Morgan fingerprint density at radius 3 is 2.32 bits per heavy atom. The van der Waals surface area contributed by atoms with Crippen molar-refractivity contribution in [2.75, 3.05) is 4.43 Å². The van der Waals surface area contributed by atoms with E-state index < -0.39 is 20.2 Å². The van der Waals surface area contributed by atoms with E-state index in [9.17, 15) is 4.79 Å². The quantitative estimate of drug-likeness (QED) is 0.0936. The Morgan fingerprint density at radius 2 is 1.76 bits per heavy atom. The molecule has 0 saturated carbocycles. The number of carbonyl (C=O) groups is 1. The maximum Gasteiger partial charge on any atom is 0.338 e. The highest BCUT2D eigenvalue weighted by atomic mass is 127. The highest BCUT2D eigenvalue weighted by molar-refractivity contribution is 14.1. The second-order valence-electron chi connectivity index (χ2n) is 11.2. The van der Waals surface area contributed by atoms with E-state index in [0.29, 0.717) is 5.56 Å². The van der Waals surface area contributed by atoms with Crippen LogP contribution in [0.2, 0.25) is 18.1 Å². The fourth-order valence-corrected chi connectivity index (χ4v) is 5.76. The van der Waals surface area contributed by atoms with Gasteiger partial charge in [0.05, 0.1) is 11.7 Å². The molecule has 192 valence electrons. The summed E-state index contributed by atoms with van der Waals surface area (Å²) in [6.45, 7) is 19.4. The van der Waals surface area contributed by atoms with Crippen LogP contribution in [0, 0.1) is 5.92 Å². The number of halogens is 1. The third kappa shape index (κ3) is 8.15. The smallest absolute Gasteiger partial charge is 0.338 e. The Labute approximate surface area is 221 Å². The lowest BCUT2D eigenvalue weighted by atomic mass is 10.0. The monoisotopic (exact) mass is 602 g/mol. The molecule has 5 nitrogen and oxygen atoms in total. The Bertz CT molecular complexity index is 818. The number of benzene rings is 1. The molecule has 2 rings (SSSR count). The average Bonchev–Trinajstić information content (AvgIpc) is 3.04. The molecule has 0 aliphatic carbocycles. The van der Waals surface area contributed by atoms with Crippen LogP contribution in [0.4, 0.5) is 0 Å². The first-order valence-corrected chi connectivity index (χ1v) is 16.6. The summed E-state index contributed by atoms with van der Waals surface area (Å²) in [4.78, 5) is 12.9. The van der Waals surface area contributed by atoms with Gasteiger partial charge in [-0.1, -0.05) is 74.6 Å². The first-order valence-electron chi connectivity index (χ1n) is 12.2. The molecule has 1 heterocycles. The summed E-state index contributed by atoms with van der Waals surface area (Å²) < 4.78 is 25.9. The fourth-order valence-electron chi connectivity index (χ4n) is 3.64. The van der Waals surface area contributed by atoms with E-state index in [4.69, 9.17) is 18.6 Å². The van der Waals surface area contributed by atoms with E-state index in [2.05, 4.69) is 76.4 Å². The number of hydrogen-bond acceptors (Lipinski definition) is 5. The molecule has 0 N–H and O–H groups in total. The van der Waals surface area contributed by atoms with E-state index in [1.54, 1.807) is 12.1 Å². The number of esters is 1. The number of rotatable bonds is 10. The van der Waals surface area contributed by atoms with Gasteiger partial charge in [0.1, 0.15) is 12.2 Å². The SMILES string of the molecule is C[C@H](/C=C\C(OC(=O)c1ccccc1)[C@H]1OC(C)(C)OC1CCI)[C@H](C)O[Si](C)(C)C(C)(C)C. The normalized spacial score (nSPS) is 23.6. The van der Waals surface area contributed by atoms with Gasteiger partial charge in [-0.25, -0.2) is 4.79 Å². The van der Waals surface area contributed by atoms with Gasteiger partial charge in [-0.2, -0.15) is 0 Å². The Balaban J connectivity index is 2.24. The predicted molar refractivity (Wildman–Crippen MR) is 149 cm³/mol. The third-order valence-electron chi connectivity index (χ3n) is 6.82. The molecule has 0 spiro atoms. The van der Waals surface area contributed by atoms with Crippen LogP contribution in [0.3, 0.4) is 0 Å². The molecular weight excluding hydrogens is 559 g/mol. The molecule has 34 heavy (non-hydrogen) atoms. The number of ether oxygens (including phenoxy) is 3. The van der Waals surface area contributed by atoms with Crippen molar-refractivity contribution in [3.05, 3.63) is 48.0 Å². The number of alkyl halides is 1. The molecule has 5 atom stereocenters. The van der Waals surface area contributed by atoms with Gasteiger partial charge in [-0.05, 0) is 69.5 Å². The van der Waals surface area contributed by atoms with Gasteiger partial charge in [-0.3, -0.25) is 0 Å². The van der Waals surface area contributed by atoms with Gasteiger partial charge in [0.2, 0.25) is 0 Å². The van der Waals surface area contributed by atoms with Crippen molar-refractivity contribution < 1.29 is 23.4 Å². The van der Waals surface area contributed by atoms with Crippen LogP contribution in [-0.4, -0.2) is 48.9 Å². The first kappa shape index (κ1) is 29.5. The van der Waals surface area contributed by atoms with Crippen LogP contribution in [-0.2, 0) is 18.6 Å². The van der Waals surface area contributed by atoms with Crippen molar-refractivity contribution in [1.29, 1.82) is 0 Å². The average molecular weight is 603 g/mol. The van der Waals surface area contributed by atoms with Crippen molar-refractivity contribution in [3.8, 4) is 0 Å². The molecule has 1 aromatic carbocycles. The zero-order valence-corrected chi connectivity index (χ0v) is 25.4. The molecule has 7 heteroatoms. The van der Waals surface area contributed by atoms with Gasteiger partial charge in [-0.15, -0.1) is 0 Å². The maximum atomic E-state index is 12.9. The summed E-state index contributed by atoms with van der Waals surface area (Å²) in [5.74, 6) is -0.947. The summed E-state index contributed by atoms with van der Waals surface area (Å²) in [5, 5.41) is 0.145. The highest BCUT2D eigenvalue weighted by Gasteiger charge is 2.45. The molecule has 1 aromatic rings. The maximum absolute atomic E-state index is 12.9. The van der Waals surface area contributed by atoms with Crippen molar-refractivity contribution in [3.63, 3.8) is 0 Å². The van der Waals surface area contributed by atoms with E-state index in [1.165, 1.54) is 0 Å². The topological polar surface area (TPSA) is 54.0 Å². The van der Waals surface area contributed by atoms with Crippen molar-refractivity contribution in [2.24, 2.45) is 5.92 Å². The standard InChI is InChI=1S/C27H43IO5Si/c1-19(20(2)33-34(8,9)26(3,4)5)15-16-22(30-25(29)21-13-11-10-12-14-21)24-23(17-18-28)31-27(6,7)32-24/h10-16,19-20,22-24H,17-18H2,1-9H3/b16-15-/t19-,20+,22?,23?,24-/m1/s1. The van der Waals surface area contributed by atoms with Gasteiger partial charge in [0.15, 0.2) is 14.1 Å². The predicted octanol–water partition coefficient (Wildman–Crippen LogP) is 7.16. The molecule has 1 saturated heterocycles. The number of hydrogen-bond donors (Lipinski definition) is 0. The van der Waals surface area contributed by atoms with Crippen LogP contribution in [0.25, 0.3) is 0 Å². The molecule has 1 fully saturated rings. The van der Waals surface area contributed by atoms with Gasteiger partial charge in [0.25, 0.3) is 0 Å². The summed E-state index contributed by atoms with van der Waals surface area (Å²) in [7, 11) is -1.89. The minimum atomic E-state index is -1.89. The second kappa shape index (κ2) is 12.0. The zero-order valence-electron chi connectivity index (χ0n) is 22.3. The molecular formula is C27H43IO5Si. The van der Waals surface area contributed by atoms with Crippen LogP contribution in [0.1, 0.15) is 65.2 Å². The van der Waals surface area contributed by atoms with Crippen LogP contribution in [0.5, 0.6) is 0 Å². The number of carbonyl (C=O) groups excluding carboxylic acids is 1. The summed E-state index contributed by atoms with van der Waals surface area (Å²) in [6, 6.07) is 9.08. The van der Waals surface area contributed by atoms with Crippen molar-refractivity contribution in [1.82, 2.24) is 0 Å². The van der Waals surface area contributed by atoms with E-state index in [1.807, 2.05) is 38.1 Å². The zero-order chi connectivity index (χ0) is 25.7. The van der Waals surface area contributed by atoms with Gasteiger partial charge in [0, 0.05) is 10.5 Å². The molecule has 1 aliphatic heterocycles. The molecule has 2 unspecified atom stereocenters. The van der Waals surface area contributed by atoms with Crippen LogP contribution in [0.15, 0.2) is 42.5 Å². The minimum absolute atomic E-state index is 0.0462. The first-order chi connectivity index (χ1) is 15.7. The van der Waals surface area contributed by atoms with E-state index in [-0.39, 0.29) is 35.2 Å².